The van der Waals surface area contributed by atoms with Gasteiger partial charge < -0.3 is 4.74 Å². The Hall–Kier alpha value is -1.92. The minimum absolute atomic E-state index is 0.0241. The summed E-state index contributed by atoms with van der Waals surface area (Å²) in [5, 5.41) is 0. The van der Waals surface area contributed by atoms with Crippen LogP contribution in [0.1, 0.15) is 52.0 Å². The number of benzene rings is 1. The average Bonchev–Trinajstić information content (AvgIpc) is 2.72. The van der Waals surface area contributed by atoms with Crippen LogP contribution in [0.5, 0.6) is 5.75 Å². The zero-order valence-electron chi connectivity index (χ0n) is 17.8. The van der Waals surface area contributed by atoms with Crippen molar-refractivity contribution in [3.05, 3.63) is 54.4 Å². The predicted octanol–water partition coefficient (Wildman–Crippen LogP) is 4.89. The van der Waals surface area contributed by atoms with Crippen LogP contribution in [0.2, 0.25) is 0 Å². The molecule has 3 rings (SSSR count). The van der Waals surface area contributed by atoms with Crippen molar-refractivity contribution in [2.75, 3.05) is 7.11 Å². The molecule has 0 amide bonds. The largest absolute Gasteiger partial charge is 0.497 e. The summed E-state index contributed by atoms with van der Waals surface area (Å²) in [7, 11) is -2.08. The van der Waals surface area contributed by atoms with Gasteiger partial charge in [-0.05, 0) is 66.1 Å². The van der Waals surface area contributed by atoms with Crippen molar-refractivity contribution < 1.29 is 13.2 Å². The van der Waals surface area contributed by atoms with E-state index in [0.717, 1.165) is 31.2 Å². The summed E-state index contributed by atoms with van der Waals surface area (Å²) in [4.78, 5) is 4.39. The Kier molecular flexibility index (Phi) is 6.64. The van der Waals surface area contributed by atoms with E-state index in [1.54, 1.807) is 48.1 Å². The van der Waals surface area contributed by atoms with Gasteiger partial charge in [0.1, 0.15) is 5.75 Å². The molecule has 158 valence electrons. The topological polar surface area (TPSA) is 59.5 Å². The molecule has 1 fully saturated rings. The van der Waals surface area contributed by atoms with Crippen LogP contribution in [0.4, 0.5) is 0 Å². The molecule has 5 nitrogen and oxygen atoms in total. The number of hydrogen-bond donors (Lipinski definition) is 0. The highest BCUT2D eigenvalue weighted by atomic mass is 32.2. The summed E-state index contributed by atoms with van der Waals surface area (Å²) in [5.41, 5.74) is 0.993. The highest BCUT2D eigenvalue weighted by Gasteiger charge is 2.42. The van der Waals surface area contributed by atoms with E-state index in [9.17, 15) is 8.42 Å². The molecule has 0 N–H and O–H groups in total. The molecule has 0 radical (unpaired) electrons. The van der Waals surface area contributed by atoms with Crippen LogP contribution in [0.25, 0.3) is 0 Å². The van der Waals surface area contributed by atoms with Crippen molar-refractivity contribution >= 4 is 10.0 Å². The summed E-state index contributed by atoms with van der Waals surface area (Å²) in [6.45, 7) is 7.02. The van der Waals surface area contributed by atoms with Crippen LogP contribution in [0.3, 0.4) is 0 Å². The average molecular weight is 417 g/mol. The standard InChI is InChI=1S/C23H32N2O3S/c1-23(2,3)21-7-5-6-8-22(21)25(17-18-13-15-24-16-14-18)29(26,27)20-11-9-19(28-4)10-12-20/h9-16,21-22H,5-8,17H2,1-4H3/t21?,22-/m1/s1. The number of ether oxygens (including phenoxy) is 1. The van der Waals surface area contributed by atoms with E-state index in [1.165, 1.54) is 0 Å². The summed E-state index contributed by atoms with van der Waals surface area (Å²) in [6, 6.07) is 10.5. The first-order valence-electron chi connectivity index (χ1n) is 10.3. The van der Waals surface area contributed by atoms with E-state index in [1.807, 2.05) is 12.1 Å². The highest BCUT2D eigenvalue weighted by molar-refractivity contribution is 7.89. The summed E-state index contributed by atoms with van der Waals surface area (Å²) in [5.74, 6) is 0.959. The van der Waals surface area contributed by atoms with Crippen LogP contribution in [-0.2, 0) is 16.6 Å². The van der Waals surface area contributed by atoms with Gasteiger partial charge in [0.25, 0.3) is 0 Å². The smallest absolute Gasteiger partial charge is 0.243 e. The number of sulfonamides is 1. The molecule has 0 aliphatic heterocycles. The fraction of sp³-hybridized carbons (Fsp3) is 0.522. The summed E-state index contributed by atoms with van der Waals surface area (Å²) >= 11 is 0. The van der Waals surface area contributed by atoms with E-state index in [4.69, 9.17) is 4.74 Å². The minimum Gasteiger partial charge on any atom is -0.497 e. The Morgan fingerprint density at radius 1 is 1.03 bits per heavy atom. The number of nitrogens with zero attached hydrogens (tertiary/aromatic N) is 2. The Labute approximate surface area is 175 Å². The zero-order valence-corrected chi connectivity index (χ0v) is 18.7. The SMILES string of the molecule is COc1ccc(S(=O)(=O)N(Cc2ccncc2)[C@@H]2CCCCC2C(C)(C)C)cc1. The van der Waals surface area contributed by atoms with Gasteiger partial charge in [-0.3, -0.25) is 4.98 Å². The molecule has 2 aromatic rings. The molecule has 0 spiro atoms. The lowest BCUT2D eigenvalue weighted by Gasteiger charge is -2.45. The van der Waals surface area contributed by atoms with Gasteiger partial charge in [-0.1, -0.05) is 33.6 Å². The third-order valence-corrected chi connectivity index (χ3v) is 7.85. The van der Waals surface area contributed by atoms with E-state index in [2.05, 4.69) is 25.8 Å². The zero-order chi connectivity index (χ0) is 21.1. The van der Waals surface area contributed by atoms with Crippen molar-refractivity contribution in [1.29, 1.82) is 0 Å². The molecular weight excluding hydrogens is 384 g/mol. The van der Waals surface area contributed by atoms with Crippen molar-refractivity contribution in [2.24, 2.45) is 11.3 Å². The lowest BCUT2D eigenvalue weighted by Crippen LogP contribution is -2.49. The van der Waals surface area contributed by atoms with Gasteiger partial charge in [0.2, 0.25) is 10.0 Å². The lowest BCUT2D eigenvalue weighted by molar-refractivity contribution is 0.0833. The number of hydrogen-bond acceptors (Lipinski definition) is 4. The molecule has 1 aromatic heterocycles. The molecule has 0 bridgehead atoms. The van der Waals surface area contributed by atoms with Crippen molar-refractivity contribution in [3.8, 4) is 5.75 Å². The Bertz CT molecular complexity index is 890. The second kappa shape index (κ2) is 8.84. The fourth-order valence-corrected chi connectivity index (χ4v) is 6.08. The number of aromatic nitrogens is 1. The van der Waals surface area contributed by atoms with Gasteiger partial charge in [-0.15, -0.1) is 0 Å². The van der Waals surface area contributed by atoms with Gasteiger partial charge >= 0.3 is 0 Å². The molecule has 0 saturated heterocycles. The minimum atomic E-state index is -3.66. The number of pyridine rings is 1. The van der Waals surface area contributed by atoms with Crippen LogP contribution in [0, 0.1) is 11.3 Å². The van der Waals surface area contributed by atoms with Gasteiger partial charge in [0.05, 0.1) is 12.0 Å². The quantitative estimate of drug-likeness (QED) is 0.673. The normalized spacial score (nSPS) is 20.6. The molecule has 6 heteroatoms. The fourth-order valence-electron chi connectivity index (χ4n) is 4.40. The van der Waals surface area contributed by atoms with Gasteiger partial charge in [-0.2, -0.15) is 4.31 Å². The van der Waals surface area contributed by atoms with Crippen LogP contribution < -0.4 is 4.74 Å². The van der Waals surface area contributed by atoms with Crippen LogP contribution >= 0.6 is 0 Å². The summed E-state index contributed by atoms with van der Waals surface area (Å²) in [6.07, 6.45) is 7.60. The van der Waals surface area contributed by atoms with Crippen LogP contribution in [0.15, 0.2) is 53.7 Å². The maximum Gasteiger partial charge on any atom is 0.243 e. The second-order valence-corrected chi connectivity index (χ2v) is 10.8. The van der Waals surface area contributed by atoms with E-state index in [-0.39, 0.29) is 11.5 Å². The van der Waals surface area contributed by atoms with Crippen molar-refractivity contribution in [2.45, 2.75) is 63.9 Å². The third kappa shape index (κ3) is 4.98. The number of methoxy groups -OCH3 is 1. The van der Waals surface area contributed by atoms with Gasteiger partial charge in [0, 0.05) is 25.0 Å². The molecule has 29 heavy (non-hydrogen) atoms. The highest BCUT2D eigenvalue weighted by Crippen LogP contribution is 2.42. The van der Waals surface area contributed by atoms with Crippen LogP contribution in [-0.4, -0.2) is 30.9 Å². The molecule has 2 atom stereocenters. The first-order valence-corrected chi connectivity index (χ1v) is 11.7. The Morgan fingerprint density at radius 3 is 2.24 bits per heavy atom. The third-order valence-electron chi connectivity index (χ3n) is 5.97. The monoisotopic (exact) mass is 416 g/mol. The maximum absolute atomic E-state index is 13.8. The first kappa shape index (κ1) is 21.8. The predicted molar refractivity (Wildman–Crippen MR) is 115 cm³/mol. The summed E-state index contributed by atoms with van der Waals surface area (Å²) < 4.78 is 34.5. The molecule has 1 aliphatic rings. The molecular formula is C23H32N2O3S. The molecule has 1 heterocycles. The van der Waals surface area contributed by atoms with E-state index >= 15 is 0 Å². The van der Waals surface area contributed by atoms with E-state index in [0.29, 0.717) is 23.1 Å². The van der Waals surface area contributed by atoms with E-state index < -0.39 is 10.0 Å². The molecule has 1 aliphatic carbocycles. The molecule has 1 unspecified atom stereocenters. The second-order valence-electron chi connectivity index (χ2n) is 8.91. The molecule has 1 aromatic carbocycles. The maximum atomic E-state index is 13.8. The van der Waals surface area contributed by atoms with Gasteiger partial charge in [0.15, 0.2) is 0 Å². The Balaban J connectivity index is 2.04. The molecule has 1 saturated carbocycles. The van der Waals surface area contributed by atoms with Gasteiger partial charge in [-0.25, -0.2) is 8.42 Å². The Morgan fingerprint density at radius 2 is 1.66 bits per heavy atom. The van der Waals surface area contributed by atoms with Crippen molar-refractivity contribution in [3.63, 3.8) is 0 Å². The number of rotatable bonds is 6. The first-order chi connectivity index (χ1) is 13.7. The van der Waals surface area contributed by atoms with Crippen molar-refractivity contribution in [1.82, 2.24) is 9.29 Å². The lowest BCUT2D eigenvalue weighted by atomic mass is 9.69.